The van der Waals surface area contributed by atoms with Gasteiger partial charge < -0.3 is 14.6 Å². The van der Waals surface area contributed by atoms with E-state index in [2.05, 4.69) is 10.2 Å². The molecule has 0 aliphatic rings. The lowest BCUT2D eigenvalue weighted by Crippen LogP contribution is -2.37. The molecule has 0 unspecified atom stereocenters. The number of ether oxygens (including phenoxy) is 2. The first-order valence-electron chi connectivity index (χ1n) is 9.70. The molecule has 1 aromatic heterocycles. The SMILES string of the molecule is CC(C)(Oc1ccc(CCOc2ccc(-c3cccc(C(F)(F)F)c3)nn2)cc1)C(=O)O. The first-order chi connectivity index (χ1) is 15.0. The average molecular weight is 446 g/mol. The van der Waals surface area contributed by atoms with Gasteiger partial charge in [-0.2, -0.15) is 13.2 Å². The van der Waals surface area contributed by atoms with Crippen molar-refractivity contribution in [2.24, 2.45) is 0 Å². The van der Waals surface area contributed by atoms with Crippen molar-refractivity contribution in [3.63, 3.8) is 0 Å². The Labute approximate surface area is 182 Å². The highest BCUT2D eigenvalue weighted by Gasteiger charge is 2.30. The monoisotopic (exact) mass is 446 g/mol. The smallest absolute Gasteiger partial charge is 0.416 e. The van der Waals surface area contributed by atoms with Crippen LogP contribution >= 0.6 is 0 Å². The van der Waals surface area contributed by atoms with Gasteiger partial charge in [-0.1, -0.05) is 24.3 Å². The van der Waals surface area contributed by atoms with E-state index in [4.69, 9.17) is 14.6 Å². The fourth-order valence-electron chi connectivity index (χ4n) is 2.74. The number of benzene rings is 2. The fraction of sp³-hybridized carbons (Fsp3) is 0.261. The van der Waals surface area contributed by atoms with Crippen LogP contribution in [0.2, 0.25) is 0 Å². The normalized spacial score (nSPS) is 11.8. The number of aliphatic carboxylic acids is 1. The lowest BCUT2D eigenvalue weighted by atomic mass is 10.1. The molecule has 3 aromatic rings. The van der Waals surface area contributed by atoms with Gasteiger partial charge in [-0.05, 0) is 49.7 Å². The highest BCUT2D eigenvalue weighted by molar-refractivity contribution is 5.76. The van der Waals surface area contributed by atoms with Crippen LogP contribution in [-0.2, 0) is 17.4 Å². The molecule has 0 fully saturated rings. The van der Waals surface area contributed by atoms with Crippen LogP contribution in [0.1, 0.15) is 25.0 Å². The summed E-state index contributed by atoms with van der Waals surface area (Å²) in [6.07, 6.45) is -3.87. The number of rotatable bonds is 8. The Morgan fingerprint density at radius 2 is 1.72 bits per heavy atom. The second kappa shape index (κ2) is 9.25. The summed E-state index contributed by atoms with van der Waals surface area (Å²) >= 11 is 0. The van der Waals surface area contributed by atoms with Gasteiger partial charge >= 0.3 is 12.1 Å². The second-order valence-electron chi connectivity index (χ2n) is 7.50. The van der Waals surface area contributed by atoms with E-state index in [-0.39, 0.29) is 5.88 Å². The molecule has 0 atom stereocenters. The zero-order valence-corrected chi connectivity index (χ0v) is 17.4. The molecule has 0 aliphatic heterocycles. The van der Waals surface area contributed by atoms with E-state index in [0.29, 0.717) is 30.0 Å². The van der Waals surface area contributed by atoms with Gasteiger partial charge in [0.05, 0.1) is 17.9 Å². The fourth-order valence-corrected chi connectivity index (χ4v) is 2.74. The number of carboxylic acid groups (broad SMARTS) is 1. The second-order valence-corrected chi connectivity index (χ2v) is 7.50. The van der Waals surface area contributed by atoms with Crippen LogP contribution in [0.15, 0.2) is 60.7 Å². The van der Waals surface area contributed by atoms with E-state index in [9.17, 15) is 18.0 Å². The number of nitrogens with zero attached hydrogens (tertiary/aromatic N) is 2. The molecule has 32 heavy (non-hydrogen) atoms. The molecule has 0 amide bonds. The van der Waals surface area contributed by atoms with Crippen molar-refractivity contribution in [2.45, 2.75) is 32.0 Å². The zero-order chi connectivity index (χ0) is 23.4. The first kappa shape index (κ1) is 23.1. The molecule has 6 nitrogen and oxygen atoms in total. The van der Waals surface area contributed by atoms with Crippen LogP contribution in [0.4, 0.5) is 13.2 Å². The van der Waals surface area contributed by atoms with Gasteiger partial charge in [0.15, 0.2) is 5.60 Å². The summed E-state index contributed by atoms with van der Waals surface area (Å²) in [7, 11) is 0. The van der Waals surface area contributed by atoms with Gasteiger partial charge in [-0.25, -0.2) is 4.79 Å². The molecule has 0 spiro atoms. The third kappa shape index (κ3) is 5.96. The Morgan fingerprint density at radius 3 is 2.31 bits per heavy atom. The molecule has 2 aromatic carbocycles. The third-order valence-corrected chi connectivity index (χ3v) is 4.58. The maximum atomic E-state index is 12.9. The largest absolute Gasteiger partial charge is 0.478 e. The Bertz CT molecular complexity index is 1070. The number of carbonyl (C=O) groups is 1. The zero-order valence-electron chi connectivity index (χ0n) is 17.4. The van der Waals surface area contributed by atoms with Crippen molar-refractivity contribution in [3.8, 4) is 22.9 Å². The maximum absolute atomic E-state index is 12.9. The highest BCUT2D eigenvalue weighted by Crippen LogP contribution is 2.31. The summed E-state index contributed by atoms with van der Waals surface area (Å²) in [5.41, 5.74) is -0.515. The van der Waals surface area contributed by atoms with Gasteiger partial charge in [-0.3, -0.25) is 0 Å². The topological polar surface area (TPSA) is 81.5 Å². The van der Waals surface area contributed by atoms with Crippen molar-refractivity contribution < 1.29 is 32.5 Å². The van der Waals surface area contributed by atoms with E-state index in [1.807, 2.05) is 0 Å². The van der Waals surface area contributed by atoms with Crippen LogP contribution in [-0.4, -0.2) is 33.5 Å². The molecule has 1 N–H and O–H groups in total. The molecule has 3 rings (SSSR count). The minimum atomic E-state index is -4.43. The van der Waals surface area contributed by atoms with Crippen molar-refractivity contribution >= 4 is 5.97 Å². The molecule has 168 valence electrons. The van der Waals surface area contributed by atoms with E-state index < -0.39 is 23.3 Å². The summed E-state index contributed by atoms with van der Waals surface area (Å²) in [6, 6.07) is 15.0. The Morgan fingerprint density at radius 1 is 1.00 bits per heavy atom. The Balaban J connectivity index is 1.54. The van der Waals surface area contributed by atoms with Gasteiger partial charge in [-0.15, -0.1) is 10.2 Å². The van der Waals surface area contributed by atoms with Crippen LogP contribution in [0.3, 0.4) is 0 Å². The molecule has 0 bridgehead atoms. The summed E-state index contributed by atoms with van der Waals surface area (Å²) in [5, 5.41) is 17.0. The van der Waals surface area contributed by atoms with Crippen molar-refractivity contribution in [3.05, 3.63) is 71.8 Å². The first-order valence-corrected chi connectivity index (χ1v) is 9.70. The number of hydrogen-bond donors (Lipinski definition) is 1. The molecular weight excluding hydrogens is 425 g/mol. The minimum Gasteiger partial charge on any atom is -0.478 e. The molecular formula is C23H21F3N2O4. The highest BCUT2D eigenvalue weighted by atomic mass is 19.4. The van der Waals surface area contributed by atoms with Crippen molar-refractivity contribution in [2.75, 3.05) is 6.61 Å². The van der Waals surface area contributed by atoms with Crippen LogP contribution in [0.5, 0.6) is 11.6 Å². The van der Waals surface area contributed by atoms with Gasteiger partial charge in [0.2, 0.25) is 5.88 Å². The number of aromatic nitrogens is 2. The lowest BCUT2D eigenvalue weighted by Gasteiger charge is -2.21. The van der Waals surface area contributed by atoms with E-state index in [1.54, 1.807) is 36.4 Å². The molecule has 9 heteroatoms. The molecule has 1 heterocycles. The summed E-state index contributed by atoms with van der Waals surface area (Å²) < 4.78 is 49.6. The molecule has 0 aliphatic carbocycles. The maximum Gasteiger partial charge on any atom is 0.416 e. The lowest BCUT2D eigenvalue weighted by molar-refractivity contribution is -0.152. The minimum absolute atomic E-state index is 0.254. The predicted octanol–water partition coefficient (Wildman–Crippen LogP) is 5.03. The molecule has 0 radical (unpaired) electrons. The summed E-state index contributed by atoms with van der Waals surface area (Å²) in [5.74, 6) is -0.364. The number of carboxylic acids is 1. The van der Waals surface area contributed by atoms with Crippen LogP contribution < -0.4 is 9.47 Å². The quantitative estimate of drug-likeness (QED) is 0.523. The predicted molar refractivity (Wildman–Crippen MR) is 110 cm³/mol. The van der Waals surface area contributed by atoms with E-state index in [0.717, 1.165) is 17.7 Å². The summed E-state index contributed by atoms with van der Waals surface area (Å²) in [6.45, 7) is 3.24. The number of halogens is 3. The van der Waals surface area contributed by atoms with Gasteiger partial charge in [0.1, 0.15) is 5.75 Å². The van der Waals surface area contributed by atoms with E-state index >= 15 is 0 Å². The third-order valence-electron chi connectivity index (χ3n) is 4.58. The number of alkyl halides is 3. The summed E-state index contributed by atoms with van der Waals surface area (Å²) in [4.78, 5) is 11.1. The molecule has 0 saturated heterocycles. The van der Waals surface area contributed by atoms with Crippen molar-refractivity contribution in [1.82, 2.24) is 10.2 Å². The number of hydrogen-bond acceptors (Lipinski definition) is 5. The molecule has 0 saturated carbocycles. The van der Waals surface area contributed by atoms with E-state index in [1.165, 1.54) is 26.0 Å². The van der Waals surface area contributed by atoms with Crippen LogP contribution in [0, 0.1) is 0 Å². The van der Waals surface area contributed by atoms with Crippen LogP contribution in [0.25, 0.3) is 11.3 Å². The van der Waals surface area contributed by atoms with Gasteiger partial charge in [0, 0.05) is 18.1 Å². The Kier molecular flexibility index (Phi) is 6.67. The van der Waals surface area contributed by atoms with Crippen molar-refractivity contribution in [1.29, 1.82) is 0 Å². The average Bonchev–Trinajstić information content (AvgIpc) is 2.75. The van der Waals surface area contributed by atoms with Gasteiger partial charge in [0.25, 0.3) is 0 Å². The Hall–Kier alpha value is -3.62. The standard InChI is InChI=1S/C23H21F3N2O4/c1-22(2,21(29)30)32-18-8-6-15(7-9-18)12-13-31-20-11-10-19(27-28-20)16-4-3-5-17(14-16)23(24,25)26/h3-11,14H,12-13H2,1-2H3,(H,29,30).